The van der Waals surface area contributed by atoms with Crippen LogP contribution in [0.3, 0.4) is 0 Å². The fourth-order valence-electron chi connectivity index (χ4n) is 2.27. The van der Waals surface area contributed by atoms with Crippen molar-refractivity contribution in [2.45, 2.75) is 18.6 Å². The molecule has 0 saturated carbocycles. The van der Waals surface area contributed by atoms with Crippen LogP contribution in [0.2, 0.25) is 5.15 Å². The molecule has 2 bridgehead atoms. The molecule has 5 nitrogen and oxygen atoms in total. The third kappa shape index (κ3) is 1.44. The average Bonchev–Trinajstić information content (AvgIpc) is 2.80. The predicted molar refractivity (Wildman–Crippen MR) is 61.3 cm³/mol. The Morgan fingerprint density at radius 3 is 3.12 bits per heavy atom. The molecule has 4 rings (SSSR count). The maximum atomic E-state index is 8.52. The van der Waals surface area contributed by atoms with Crippen molar-refractivity contribution < 1.29 is 5.21 Å². The van der Waals surface area contributed by atoms with Crippen molar-refractivity contribution in [2.24, 2.45) is 5.16 Å². The highest BCUT2D eigenvalue weighted by atomic mass is 35.5. The molecule has 0 spiro atoms. The minimum Gasteiger partial charge on any atom is -0.411 e. The van der Waals surface area contributed by atoms with Gasteiger partial charge in [0.05, 0.1) is 24.3 Å². The van der Waals surface area contributed by atoms with E-state index in [1.54, 1.807) is 6.20 Å². The average molecular weight is 239 g/mol. The number of halogens is 1. The molecule has 0 amide bonds. The molecule has 0 unspecified atom stereocenters. The molecule has 3 saturated heterocycles. The van der Waals surface area contributed by atoms with Gasteiger partial charge in [0.2, 0.25) is 0 Å². The van der Waals surface area contributed by atoms with E-state index in [1.165, 1.54) is 12.6 Å². The molecular weight excluding hydrogens is 228 g/mol. The van der Waals surface area contributed by atoms with Gasteiger partial charge in [0.1, 0.15) is 5.15 Å². The second-order valence-electron chi connectivity index (χ2n) is 4.09. The van der Waals surface area contributed by atoms with Crippen molar-refractivity contribution in [1.82, 2.24) is 10.3 Å². The summed E-state index contributed by atoms with van der Waals surface area (Å²) in [5.74, 6) is 0. The van der Waals surface area contributed by atoms with Gasteiger partial charge in [-0.05, 0) is 12.5 Å². The first-order chi connectivity index (χ1) is 7.78. The van der Waals surface area contributed by atoms with Crippen LogP contribution in [0.4, 0.5) is 5.69 Å². The van der Waals surface area contributed by atoms with Crippen LogP contribution < -0.4 is 10.2 Å². The Bertz CT molecular complexity index is 444. The summed E-state index contributed by atoms with van der Waals surface area (Å²) in [5.41, 5.74) is 1.64. The van der Waals surface area contributed by atoms with E-state index in [-0.39, 0.29) is 0 Å². The number of hydrogen-bond acceptors (Lipinski definition) is 5. The minimum absolute atomic E-state index is 0.348. The number of pyridine rings is 1. The van der Waals surface area contributed by atoms with Crippen LogP contribution in [0.1, 0.15) is 12.0 Å². The Labute approximate surface area is 97.7 Å². The van der Waals surface area contributed by atoms with Gasteiger partial charge in [0.25, 0.3) is 0 Å². The van der Waals surface area contributed by atoms with Gasteiger partial charge in [-0.25, -0.2) is 4.98 Å². The molecule has 4 heterocycles. The number of hydrogen-bond donors (Lipinski definition) is 2. The highest BCUT2D eigenvalue weighted by molar-refractivity contribution is 6.31. The molecular formula is C10H11ClN4O. The van der Waals surface area contributed by atoms with Gasteiger partial charge in [0, 0.05) is 18.2 Å². The fourth-order valence-corrected chi connectivity index (χ4v) is 2.43. The van der Waals surface area contributed by atoms with Crippen molar-refractivity contribution in [3.8, 4) is 0 Å². The number of fused-ring (bicyclic) bond motifs is 1. The summed E-state index contributed by atoms with van der Waals surface area (Å²) in [5, 5.41) is 15.3. The smallest absolute Gasteiger partial charge is 0.138 e. The van der Waals surface area contributed by atoms with Gasteiger partial charge in [-0.15, -0.1) is 0 Å². The molecule has 3 aliphatic heterocycles. The van der Waals surface area contributed by atoms with Gasteiger partial charge in [0.15, 0.2) is 0 Å². The van der Waals surface area contributed by atoms with Crippen LogP contribution in [-0.2, 0) is 0 Å². The summed E-state index contributed by atoms with van der Waals surface area (Å²) in [6.07, 6.45) is 4.66. The SMILES string of the molecule is ON=Cc1cc(N2C[C@H]3C[C@@H]2N3)cnc1Cl. The molecule has 0 radical (unpaired) electrons. The molecule has 3 fully saturated rings. The van der Waals surface area contributed by atoms with Crippen LogP contribution in [0, 0.1) is 0 Å². The van der Waals surface area contributed by atoms with Crippen LogP contribution in [-0.4, -0.2) is 35.2 Å². The number of anilines is 1. The van der Waals surface area contributed by atoms with Gasteiger partial charge in [-0.1, -0.05) is 16.8 Å². The molecule has 2 N–H and O–H groups in total. The topological polar surface area (TPSA) is 60.8 Å². The lowest BCUT2D eigenvalue weighted by Crippen LogP contribution is -2.47. The zero-order valence-electron chi connectivity index (χ0n) is 8.47. The van der Waals surface area contributed by atoms with Gasteiger partial charge >= 0.3 is 0 Å². The van der Waals surface area contributed by atoms with Crippen molar-refractivity contribution in [3.05, 3.63) is 23.0 Å². The molecule has 0 aromatic carbocycles. The summed E-state index contributed by atoms with van der Waals surface area (Å²) in [6, 6.07) is 2.49. The molecule has 1 aromatic heterocycles. The molecule has 3 aliphatic rings. The van der Waals surface area contributed by atoms with Crippen LogP contribution >= 0.6 is 11.6 Å². The largest absolute Gasteiger partial charge is 0.411 e. The van der Waals surface area contributed by atoms with Crippen molar-refractivity contribution in [3.63, 3.8) is 0 Å². The van der Waals surface area contributed by atoms with Gasteiger partial charge in [-0.3, -0.25) is 5.32 Å². The summed E-state index contributed by atoms with van der Waals surface area (Å²) >= 11 is 5.88. The van der Waals surface area contributed by atoms with Crippen LogP contribution in [0.25, 0.3) is 0 Å². The van der Waals surface area contributed by atoms with Crippen molar-refractivity contribution >= 4 is 23.5 Å². The first-order valence-corrected chi connectivity index (χ1v) is 5.51. The Balaban J connectivity index is 1.92. The van der Waals surface area contributed by atoms with Crippen LogP contribution in [0.15, 0.2) is 17.4 Å². The van der Waals surface area contributed by atoms with E-state index in [0.717, 1.165) is 12.2 Å². The number of aromatic nitrogens is 1. The molecule has 84 valence electrons. The number of nitrogens with zero attached hydrogens (tertiary/aromatic N) is 3. The quantitative estimate of drug-likeness (QED) is 0.350. The maximum absolute atomic E-state index is 8.52. The minimum atomic E-state index is 0.348. The summed E-state index contributed by atoms with van der Waals surface area (Å²) in [6.45, 7) is 1.00. The van der Waals surface area contributed by atoms with Gasteiger partial charge < -0.3 is 10.1 Å². The summed E-state index contributed by atoms with van der Waals surface area (Å²) in [7, 11) is 0. The van der Waals surface area contributed by atoms with E-state index in [4.69, 9.17) is 16.8 Å². The Kier molecular flexibility index (Phi) is 2.22. The standard InChI is InChI=1S/C10H11ClN4O/c11-10-6(3-13-16)1-8(4-12-10)15-5-7-2-9(15)14-7/h1,3-4,7,9,14,16H,2,5H2/t7-,9-/m1/s1. The zero-order valence-corrected chi connectivity index (χ0v) is 9.22. The molecule has 1 aromatic rings. The molecule has 0 aliphatic carbocycles. The zero-order chi connectivity index (χ0) is 11.1. The maximum Gasteiger partial charge on any atom is 0.138 e. The first-order valence-electron chi connectivity index (χ1n) is 5.13. The third-order valence-corrected chi connectivity index (χ3v) is 3.43. The number of oxime groups is 1. The monoisotopic (exact) mass is 238 g/mol. The lowest BCUT2D eigenvalue weighted by atomic mass is 10.1. The third-order valence-electron chi connectivity index (χ3n) is 3.11. The van der Waals surface area contributed by atoms with E-state index in [1.807, 2.05) is 6.07 Å². The highest BCUT2D eigenvalue weighted by Crippen LogP contribution is 2.32. The Morgan fingerprint density at radius 1 is 1.69 bits per heavy atom. The first kappa shape index (κ1) is 9.86. The summed E-state index contributed by atoms with van der Waals surface area (Å²) < 4.78 is 0. The predicted octanol–water partition coefficient (Wildman–Crippen LogP) is 1.05. The van der Waals surface area contributed by atoms with E-state index in [0.29, 0.717) is 22.9 Å². The number of rotatable bonds is 2. The second-order valence-corrected chi connectivity index (χ2v) is 4.44. The van der Waals surface area contributed by atoms with Crippen molar-refractivity contribution in [1.29, 1.82) is 0 Å². The second kappa shape index (κ2) is 3.61. The molecule has 16 heavy (non-hydrogen) atoms. The normalized spacial score (nSPS) is 27.4. The van der Waals surface area contributed by atoms with Gasteiger partial charge in [-0.2, -0.15) is 0 Å². The van der Waals surface area contributed by atoms with E-state index in [9.17, 15) is 0 Å². The highest BCUT2D eigenvalue weighted by Gasteiger charge is 2.42. The lowest BCUT2D eigenvalue weighted by Gasteiger charge is -2.28. The van der Waals surface area contributed by atoms with E-state index < -0.39 is 0 Å². The fraction of sp³-hybridized carbons (Fsp3) is 0.400. The van der Waals surface area contributed by atoms with E-state index >= 15 is 0 Å². The van der Waals surface area contributed by atoms with Crippen molar-refractivity contribution in [2.75, 3.05) is 11.4 Å². The Morgan fingerprint density at radius 2 is 2.50 bits per heavy atom. The summed E-state index contributed by atoms with van der Waals surface area (Å²) in [4.78, 5) is 6.34. The Hall–Kier alpha value is -1.33. The number of nitrogens with one attached hydrogen (secondary N) is 1. The van der Waals surface area contributed by atoms with Crippen LogP contribution in [0.5, 0.6) is 0 Å². The van der Waals surface area contributed by atoms with E-state index in [2.05, 4.69) is 20.4 Å². The molecule has 6 heteroatoms. The molecule has 2 atom stereocenters. The lowest BCUT2D eigenvalue weighted by molar-refractivity contribution is 0.322.